The van der Waals surface area contributed by atoms with Gasteiger partial charge in [0.2, 0.25) is 0 Å². The van der Waals surface area contributed by atoms with Crippen molar-refractivity contribution in [2.45, 2.75) is 76.7 Å². The molecule has 6 heteroatoms. The van der Waals surface area contributed by atoms with Crippen LogP contribution in [0.2, 0.25) is 18.1 Å². The summed E-state index contributed by atoms with van der Waals surface area (Å²) in [5.74, 6) is 0. The molecule has 2 aromatic rings. The number of aromatic nitrogens is 2. The Kier molecular flexibility index (Phi) is 5.08. The molecule has 1 heterocycles. The smallest absolute Gasteiger partial charge is 0.326 e. The highest BCUT2D eigenvalue weighted by atomic mass is 79.9. The van der Waals surface area contributed by atoms with E-state index in [0.29, 0.717) is 6.10 Å². The number of fused-ring (bicyclic) bond motifs is 1. The zero-order valence-corrected chi connectivity index (χ0v) is 18.4. The fourth-order valence-electron chi connectivity index (χ4n) is 3.47. The molecule has 0 radical (unpaired) electrons. The average molecular weight is 425 g/mol. The van der Waals surface area contributed by atoms with E-state index in [-0.39, 0.29) is 16.8 Å². The zero-order chi connectivity index (χ0) is 18.4. The molecule has 0 unspecified atom stereocenters. The van der Waals surface area contributed by atoms with Gasteiger partial charge in [0.25, 0.3) is 0 Å². The number of benzene rings is 1. The first-order chi connectivity index (χ1) is 11.6. The molecule has 0 atom stereocenters. The fourth-order valence-corrected chi connectivity index (χ4v) is 5.24. The Balaban J connectivity index is 1.74. The van der Waals surface area contributed by atoms with Crippen LogP contribution in [-0.4, -0.2) is 24.0 Å². The second-order valence-corrected chi connectivity index (χ2v) is 14.4. The molecule has 1 saturated carbocycles. The van der Waals surface area contributed by atoms with Crippen molar-refractivity contribution in [2.24, 2.45) is 0 Å². The van der Waals surface area contributed by atoms with E-state index in [1.54, 1.807) is 0 Å². The van der Waals surface area contributed by atoms with Gasteiger partial charge in [-0.3, -0.25) is 4.57 Å². The molecule has 3 rings (SSSR count). The van der Waals surface area contributed by atoms with Crippen LogP contribution < -0.4 is 5.69 Å². The molecular weight excluding hydrogens is 396 g/mol. The maximum atomic E-state index is 12.5. The van der Waals surface area contributed by atoms with E-state index < -0.39 is 8.32 Å². The van der Waals surface area contributed by atoms with Crippen LogP contribution in [0.1, 0.15) is 52.5 Å². The van der Waals surface area contributed by atoms with E-state index in [9.17, 15) is 4.79 Å². The summed E-state index contributed by atoms with van der Waals surface area (Å²) in [5, 5.41) is 0.240. The molecule has 1 N–H and O–H groups in total. The largest absolute Gasteiger partial charge is 0.414 e. The van der Waals surface area contributed by atoms with E-state index in [1.165, 1.54) is 0 Å². The van der Waals surface area contributed by atoms with Gasteiger partial charge in [0, 0.05) is 16.6 Å². The second-order valence-electron chi connectivity index (χ2n) is 8.77. The summed E-state index contributed by atoms with van der Waals surface area (Å²) in [5.41, 5.74) is 1.91. The number of rotatable bonds is 3. The minimum atomic E-state index is -1.72. The third-order valence-electron chi connectivity index (χ3n) is 5.96. The summed E-state index contributed by atoms with van der Waals surface area (Å²) in [6.45, 7) is 11.5. The lowest BCUT2D eigenvalue weighted by atomic mass is 9.93. The molecule has 4 nitrogen and oxygen atoms in total. The third kappa shape index (κ3) is 3.81. The first kappa shape index (κ1) is 18.9. The van der Waals surface area contributed by atoms with Crippen LogP contribution in [0.25, 0.3) is 11.0 Å². The van der Waals surface area contributed by atoms with E-state index in [2.05, 4.69) is 54.8 Å². The molecule has 0 spiro atoms. The third-order valence-corrected chi connectivity index (χ3v) is 11.0. The molecule has 25 heavy (non-hydrogen) atoms. The van der Waals surface area contributed by atoms with Crippen LogP contribution in [0.5, 0.6) is 0 Å². The Hall–Kier alpha value is -0.853. The lowest BCUT2D eigenvalue weighted by Crippen LogP contribution is -2.45. The Morgan fingerprint density at radius 3 is 2.44 bits per heavy atom. The van der Waals surface area contributed by atoms with Crippen molar-refractivity contribution in [2.75, 3.05) is 0 Å². The summed E-state index contributed by atoms with van der Waals surface area (Å²) in [4.78, 5) is 15.4. The Bertz CT molecular complexity index is 811. The SMILES string of the molecule is CC(C)(C)[Si](C)(C)OC1CCC(n2c(=O)[nH]c3ccc(Br)cc32)CC1. The fraction of sp³-hybridized carbons (Fsp3) is 0.632. The Morgan fingerprint density at radius 1 is 1.20 bits per heavy atom. The lowest BCUT2D eigenvalue weighted by Gasteiger charge is -2.41. The standard InChI is InChI=1S/C19H29BrN2O2Si/c1-19(2,3)25(4,5)24-15-9-7-14(8-10-15)22-17-12-13(20)6-11-16(17)21-18(22)23/h6,11-12,14-15H,7-10H2,1-5H3,(H,21,23). The minimum Gasteiger partial charge on any atom is -0.414 e. The highest BCUT2D eigenvalue weighted by Crippen LogP contribution is 2.40. The molecule has 1 fully saturated rings. The van der Waals surface area contributed by atoms with Gasteiger partial charge in [0.1, 0.15) is 0 Å². The van der Waals surface area contributed by atoms with Gasteiger partial charge < -0.3 is 9.41 Å². The summed E-state index contributed by atoms with van der Waals surface area (Å²) in [6.07, 6.45) is 4.40. The first-order valence-electron chi connectivity index (χ1n) is 9.16. The molecule has 138 valence electrons. The first-order valence-corrected chi connectivity index (χ1v) is 12.9. The molecule has 0 aliphatic heterocycles. The van der Waals surface area contributed by atoms with E-state index in [1.807, 2.05) is 22.8 Å². The normalized spacial score (nSPS) is 22.5. The van der Waals surface area contributed by atoms with Gasteiger partial charge in [0.05, 0.1) is 11.0 Å². The van der Waals surface area contributed by atoms with Gasteiger partial charge in [-0.25, -0.2) is 4.79 Å². The average Bonchev–Trinajstić information content (AvgIpc) is 2.82. The Morgan fingerprint density at radius 2 is 1.84 bits per heavy atom. The maximum Gasteiger partial charge on any atom is 0.326 e. The minimum absolute atomic E-state index is 0.00173. The molecule has 1 aliphatic carbocycles. The quantitative estimate of drug-likeness (QED) is 0.651. The van der Waals surface area contributed by atoms with Crippen molar-refractivity contribution in [3.05, 3.63) is 33.2 Å². The zero-order valence-electron chi connectivity index (χ0n) is 15.9. The number of hydrogen-bond donors (Lipinski definition) is 1. The van der Waals surface area contributed by atoms with Crippen molar-refractivity contribution in [3.8, 4) is 0 Å². The number of aromatic amines is 1. The van der Waals surface area contributed by atoms with Gasteiger partial charge >= 0.3 is 5.69 Å². The van der Waals surface area contributed by atoms with Gasteiger partial charge in [-0.1, -0.05) is 36.7 Å². The maximum absolute atomic E-state index is 12.5. The van der Waals surface area contributed by atoms with Gasteiger partial charge in [0.15, 0.2) is 8.32 Å². The monoisotopic (exact) mass is 424 g/mol. The van der Waals surface area contributed by atoms with Gasteiger partial charge in [-0.2, -0.15) is 0 Å². The van der Waals surface area contributed by atoms with Gasteiger partial charge in [-0.15, -0.1) is 0 Å². The number of hydrogen-bond acceptors (Lipinski definition) is 2. The molecule has 1 aromatic carbocycles. The molecule has 0 bridgehead atoms. The summed E-state index contributed by atoms with van der Waals surface area (Å²) in [6, 6.07) is 6.22. The molecule has 1 aliphatic rings. The van der Waals surface area contributed by atoms with E-state index >= 15 is 0 Å². The van der Waals surface area contributed by atoms with Crippen molar-refractivity contribution < 1.29 is 4.43 Å². The van der Waals surface area contributed by atoms with Crippen LogP contribution >= 0.6 is 15.9 Å². The van der Waals surface area contributed by atoms with Crippen molar-refractivity contribution in [3.63, 3.8) is 0 Å². The van der Waals surface area contributed by atoms with Crippen LogP contribution in [0.3, 0.4) is 0 Å². The second kappa shape index (κ2) is 6.71. The highest BCUT2D eigenvalue weighted by molar-refractivity contribution is 9.10. The number of nitrogens with zero attached hydrogens (tertiary/aromatic N) is 1. The van der Waals surface area contributed by atoms with Crippen LogP contribution in [-0.2, 0) is 4.43 Å². The molecule has 0 saturated heterocycles. The summed E-state index contributed by atoms with van der Waals surface area (Å²) >= 11 is 3.52. The van der Waals surface area contributed by atoms with Crippen molar-refractivity contribution in [1.29, 1.82) is 0 Å². The van der Waals surface area contributed by atoms with Crippen LogP contribution in [0.4, 0.5) is 0 Å². The van der Waals surface area contributed by atoms with Crippen molar-refractivity contribution >= 4 is 35.3 Å². The summed E-state index contributed by atoms with van der Waals surface area (Å²) < 4.78 is 9.53. The van der Waals surface area contributed by atoms with Crippen LogP contribution in [0.15, 0.2) is 27.5 Å². The number of imidazole rings is 1. The predicted octanol–water partition coefficient (Wildman–Crippen LogP) is 5.60. The Labute approximate surface area is 159 Å². The number of halogens is 1. The number of nitrogens with one attached hydrogen (secondary N) is 1. The highest BCUT2D eigenvalue weighted by Gasteiger charge is 2.40. The molecular formula is C19H29BrN2O2Si. The molecule has 0 amide bonds. The lowest BCUT2D eigenvalue weighted by molar-refractivity contribution is 0.118. The van der Waals surface area contributed by atoms with Crippen molar-refractivity contribution in [1.82, 2.24) is 9.55 Å². The van der Waals surface area contributed by atoms with Crippen LogP contribution in [0, 0.1) is 0 Å². The van der Waals surface area contributed by atoms with Gasteiger partial charge in [-0.05, 0) is 62.0 Å². The topological polar surface area (TPSA) is 47.0 Å². The van der Waals surface area contributed by atoms with E-state index in [4.69, 9.17) is 4.43 Å². The predicted molar refractivity (Wildman–Crippen MR) is 110 cm³/mol. The van der Waals surface area contributed by atoms with E-state index in [0.717, 1.165) is 41.2 Å². The molecule has 1 aromatic heterocycles. The number of H-pyrrole nitrogens is 1. The summed E-state index contributed by atoms with van der Waals surface area (Å²) in [7, 11) is -1.72.